The molecule has 0 radical (unpaired) electrons. The standard InChI is InChI=1S/C6H16N4.2ClH/c1-5(7)3-2-4-10-6(8)9;;/h5H,2-4,7H2,1H3,(H4,8,9,10);2*1H/t5-;;/m1../s1. The molecule has 0 amide bonds. The molecule has 0 spiro atoms. The van der Waals surface area contributed by atoms with Gasteiger partial charge in [0.25, 0.3) is 0 Å². The molecule has 6 heteroatoms. The van der Waals surface area contributed by atoms with Gasteiger partial charge in [0.05, 0.1) is 12.6 Å². The van der Waals surface area contributed by atoms with E-state index < -0.39 is 0 Å². The van der Waals surface area contributed by atoms with Gasteiger partial charge in [-0.25, -0.2) is 0 Å². The van der Waals surface area contributed by atoms with Crippen LogP contribution in [0.4, 0.5) is 0 Å². The fourth-order valence-corrected chi connectivity index (χ4v) is 0.683. The van der Waals surface area contributed by atoms with E-state index in [1.54, 1.807) is 0 Å². The number of quaternary nitrogens is 1. The van der Waals surface area contributed by atoms with E-state index in [9.17, 15) is 0 Å². The van der Waals surface area contributed by atoms with Crippen molar-refractivity contribution in [2.45, 2.75) is 25.8 Å². The summed E-state index contributed by atoms with van der Waals surface area (Å²) in [5, 5.41) is 0. The van der Waals surface area contributed by atoms with Crippen LogP contribution in [-0.2, 0) is 0 Å². The van der Waals surface area contributed by atoms with E-state index in [2.05, 4.69) is 17.6 Å². The molecule has 0 aliphatic rings. The van der Waals surface area contributed by atoms with Gasteiger partial charge in [0.2, 0.25) is 0 Å². The number of nitrogens with two attached hydrogens (primary N) is 2. The van der Waals surface area contributed by atoms with Crippen molar-refractivity contribution in [1.29, 1.82) is 0 Å². The third-order valence-corrected chi connectivity index (χ3v) is 1.20. The molecule has 1 atom stereocenters. The minimum absolute atomic E-state index is 0. The number of rotatable bonds is 4. The van der Waals surface area contributed by atoms with Gasteiger partial charge in [0.15, 0.2) is 0 Å². The summed E-state index contributed by atoms with van der Waals surface area (Å²) in [4.78, 5) is 2.85. The first kappa shape index (κ1) is 17.8. The van der Waals surface area contributed by atoms with Gasteiger partial charge >= 0.3 is 5.96 Å². The van der Waals surface area contributed by atoms with Crippen LogP contribution in [0.1, 0.15) is 19.8 Å². The molecule has 0 unspecified atom stereocenters. The van der Waals surface area contributed by atoms with Crippen molar-refractivity contribution < 1.29 is 35.5 Å². The molecule has 0 bridgehead atoms. The first-order valence-corrected chi connectivity index (χ1v) is 3.57. The highest BCUT2D eigenvalue weighted by atomic mass is 35.5. The fourth-order valence-electron chi connectivity index (χ4n) is 0.683. The molecule has 0 aromatic heterocycles. The highest BCUT2D eigenvalue weighted by Crippen LogP contribution is 1.85. The minimum atomic E-state index is 0. The van der Waals surface area contributed by atoms with E-state index in [0.29, 0.717) is 12.0 Å². The van der Waals surface area contributed by atoms with Gasteiger partial charge in [-0.3, -0.25) is 16.5 Å². The third-order valence-electron chi connectivity index (χ3n) is 1.20. The number of guanidine groups is 1. The Balaban J connectivity index is -0.000000405. The predicted molar refractivity (Wildman–Crippen MR) is 40.8 cm³/mol. The van der Waals surface area contributed by atoms with Crippen LogP contribution in [0.3, 0.4) is 0 Å². The fraction of sp³-hybridized carbons (Fsp3) is 0.833. The lowest BCUT2D eigenvalue weighted by Crippen LogP contribution is -3.00. The van der Waals surface area contributed by atoms with Gasteiger partial charge in [0, 0.05) is 6.42 Å². The van der Waals surface area contributed by atoms with Crippen LogP contribution in [-0.4, -0.2) is 18.5 Å². The lowest BCUT2D eigenvalue weighted by atomic mass is 10.2. The van der Waals surface area contributed by atoms with Gasteiger partial charge in [-0.15, -0.1) is 0 Å². The van der Waals surface area contributed by atoms with Crippen LogP contribution in [0.15, 0.2) is 0 Å². The zero-order valence-corrected chi connectivity index (χ0v) is 8.83. The Morgan fingerprint density at radius 2 is 1.92 bits per heavy atom. The molecule has 0 aliphatic heterocycles. The molecule has 8 N–H and O–H groups in total. The molecule has 0 saturated carbocycles. The normalized spacial score (nSPS) is 10.5. The molecule has 0 heterocycles. The van der Waals surface area contributed by atoms with Crippen molar-refractivity contribution in [2.24, 2.45) is 11.5 Å². The number of halogens is 2. The molecule has 76 valence electrons. The summed E-state index contributed by atoms with van der Waals surface area (Å²) < 4.78 is 0. The van der Waals surface area contributed by atoms with E-state index in [0.717, 1.165) is 19.4 Å². The summed E-state index contributed by atoms with van der Waals surface area (Å²) in [6.45, 7) is 2.94. The molecule has 0 saturated heterocycles. The molecule has 0 aromatic rings. The van der Waals surface area contributed by atoms with E-state index in [-0.39, 0.29) is 24.8 Å². The number of hydrogen-bond donors (Lipinski definition) is 4. The summed E-state index contributed by atoms with van der Waals surface area (Å²) in [6.07, 6.45) is 2.18. The Bertz CT molecular complexity index is 112. The van der Waals surface area contributed by atoms with Gasteiger partial charge in [-0.05, 0) is 13.3 Å². The SMILES string of the molecule is C[C@@H]([NH3+])CCC[NH+]=C(N)N.[Cl-].[Cl-]. The second-order valence-corrected chi connectivity index (χ2v) is 2.63. The Kier molecular flexibility index (Phi) is 16.0. The molecule has 0 aliphatic carbocycles. The monoisotopic (exact) mass is 216 g/mol. The van der Waals surface area contributed by atoms with E-state index in [1.165, 1.54) is 0 Å². The summed E-state index contributed by atoms with van der Waals surface area (Å²) in [5.41, 5.74) is 14.2. The third kappa shape index (κ3) is 16.4. The van der Waals surface area contributed by atoms with Crippen molar-refractivity contribution in [2.75, 3.05) is 6.54 Å². The van der Waals surface area contributed by atoms with Crippen molar-refractivity contribution in [3.63, 3.8) is 0 Å². The average Bonchev–Trinajstić information content (AvgIpc) is 1.79. The quantitative estimate of drug-likeness (QED) is 0.214. The Hall–Kier alpha value is -0.190. The molecule has 0 fully saturated rings. The largest absolute Gasteiger partial charge is 1.00 e. The highest BCUT2D eigenvalue weighted by Gasteiger charge is 1.95. The predicted octanol–water partition coefficient (Wildman–Crippen LogP) is -9.24. The Labute approximate surface area is 85.8 Å². The zero-order chi connectivity index (χ0) is 7.98. The average molecular weight is 217 g/mol. The van der Waals surface area contributed by atoms with Crippen molar-refractivity contribution in [3.8, 4) is 0 Å². The minimum Gasteiger partial charge on any atom is -1.00 e. The van der Waals surface area contributed by atoms with E-state index >= 15 is 0 Å². The van der Waals surface area contributed by atoms with Crippen LogP contribution < -0.4 is 47.0 Å². The van der Waals surface area contributed by atoms with Gasteiger partial charge in [0.1, 0.15) is 0 Å². The van der Waals surface area contributed by atoms with Crippen LogP contribution in [0.2, 0.25) is 0 Å². The number of hydrogen-bond acceptors (Lipinski definition) is 0. The summed E-state index contributed by atoms with van der Waals surface area (Å²) >= 11 is 0. The van der Waals surface area contributed by atoms with Gasteiger partial charge in [-0.2, -0.15) is 0 Å². The maximum Gasteiger partial charge on any atom is 0.338 e. The highest BCUT2D eigenvalue weighted by molar-refractivity contribution is 5.69. The summed E-state index contributed by atoms with van der Waals surface area (Å²) in [6, 6.07) is 0.515. The first-order chi connectivity index (χ1) is 4.63. The van der Waals surface area contributed by atoms with Crippen LogP contribution in [0.5, 0.6) is 0 Å². The van der Waals surface area contributed by atoms with Crippen molar-refractivity contribution in [1.82, 2.24) is 0 Å². The smallest absolute Gasteiger partial charge is 0.338 e. The second kappa shape index (κ2) is 10.8. The lowest BCUT2D eigenvalue weighted by Gasteiger charge is -1.97. The van der Waals surface area contributed by atoms with E-state index in [4.69, 9.17) is 11.5 Å². The zero-order valence-electron chi connectivity index (χ0n) is 7.32. The Morgan fingerprint density at radius 3 is 2.25 bits per heavy atom. The molecule has 0 aromatic carbocycles. The summed E-state index contributed by atoms with van der Waals surface area (Å²) in [5.74, 6) is 0.303. The van der Waals surface area contributed by atoms with Crippen LogP contribution >= 0.6 is 0 Å². The van der Waals surface area contributed by atoms with Crippen LogP contribution in [0.25, 0.3) is 0 Å². The van der Waals surface area contributed by atoms with Gasteiger partial charge in [-0.1, -0.05) is 0 Å². The molecular weight excluding hydrogens is 199 g/mol. The molecular formula is C6H18Cl2N4. The second-order valence-electron chi connectivity index (χ2n) is 2.63. The maximum absolute atomic E-state index is 5.18. The lowest BCUT2D eigenvalue weighted by molar-refractivity contribution is -0.464. The maximum atomic E-state index is 5.18. The Morgan fingerprint density at radius 1 is 1.42 bits per heavy atom. The van der Waals surface area contributed by atoms with Crippen LogP contribution in [0, 0.1) is 0 Å². The number of nitrogens with one attached hydrogen (secondary N) is 1. The topological polar surface area (TPSA) is 93.6 Å². The molecule has 4 nitrogen and oxygen atoms in total. The first-order valence-electron chi connectivity index (χ1n) is 3.57. The summed E-state index contributed by atoms with van der Waals surface area (Å²) in [7, 11) is 0. The van der Waals surface area contributed by atoms with Gasteiger partial charge < -0.3 is 30.5 Å². The molecule has 12 heavy (non-hydrogen) atoms. The van der Waals surface area contributed by atoms with Crippen molar-refractivity contribution >= 4 is 5.96 Å². The molecule has 0 rings (SSSR count). The van der Waals surface area contributed by atoms with E-state index in [1.807, 2.05) is 0 Å². The van der Waals surface area contributed by atoms with Crippen molar-refractivity contribution in [3.05, 3.63) is 0 Å².